The Morgan fingerprint density at radius 2 is 2.09 bits per heavy atom. The number of rotatable bonds is 4. The SMILES string of the molecule is C[C@]1(NC(=O)CSc2ccc3ccccc3n2)CCS(=O)(=O)C1. The molecule has 1 atom stereocenters. The number of nitrogens with zero attached hydrogens (tertiary/aromatic N) is 1. The maximum absolute atomic E-state index is 12.1. The number of benzene rings is 1. The number of thioether (sulfide) groups is 1. The van der Waals surface area contributed by atoms with Crippen LogP contribution in [0, 0.1) is 0 Å². The van der Waals surface area contributed by atoms with Crippen LogP contribution in [0.2, 0.25) is 0 Å². The lowest BCUT2D eigenvalue weighted by molar-refractivity contribution is -0.120. The molecule has 5 nitrogen and oxygen atoms in total. The third kappa shape index (κ3) is 4.03. The Morgan fingerprint density at radius 1 is 1.30 bits per heavy atom. The summed E-state index contributed by atoms with van der Waals surface area (Å²) < 4.78 is 23.1. The Bertz CT molecular complexity index is 851. The molecule has 2 aromatic rings. The smallest absolute Gasteiger partial charge is 0.230 e. The number of fused-ring (bicyclic) bond motifs is 1. The molecule has 0 radical (unpaired) electrons. The summed E-state index contributed by atoms with van der Waals surface area (Å²) in [4.78, 5) is 16.6. The van der Waals surface area contributed by atoms with Gasteiger partial charge in [0.2, 0.25) is 5.91 Å². The Hall–Kier alpha value is -1.60. The van der Waals surface area contributed by atoms with Crippen molar-refractivity contribution in [2.45, 2.75) is 23.9 Å². The van der Waals surface area contributed by atoms with Gasteiger partial charge in [-0.2, -0.15) is 0 Å². The zero-order valence-corrected chi connectivity index (χ0v) is 14.4. The molecule has 1 N–H and O–H groups in total. The first-order chi connectivity index (χ1) is 10.9. The highest BCUT2D eigenvalue weighted by Gasteiger charge is 2.39. The van der Waals surface area contributed by atoms with Crippen molar-refractivity contribution in [3.05, 3.63) is 36.4 Å². The van der Waals surface area contributed by atoms with E-state index in [9.17, 15) is 13.2 Å². The van der Waals surface area contributed by atoms with Crippen molar-refractivity contribution in [1.29, 1.82) is 0 Å². The number of amides is 1. The lowest BCUT2D eigenvalue weighted by Gasteiger charge is -2.23. The third-order valence-corrected chi connectivity index (χ3v) is 6.70. The number of hydrogen-bond acceptors (Lipinski definition) is 5. The van der Waals surface area contributed by atoms with Crippen molar-refractivity contribution >= 4 is 38.4 Å². The van der Waals surface area contributed by atoms with Crippen molar-refractivity contribution in [3.63, 3.8) is 0 Å². The Balaban J connectivity index is 1.60. The molecule has 3 rings (SSSR count). The molecule has 0 unspecified atom stereocenters. The van der Waals surface area contributed by atoms with Crippen molar-refractivity contribution in [2.75, 3.05) is 17.3 Å². The summed E-state index contributed by atoms with van der Waals surface area (Å²) >= 11 is 1.35. The van der Waals surface area contributed by atoms with E-state index in [1.165, 1.54) is 11.8 Å². The van der Waals surface area contributed by atoms with Gasteiger partial charge in [0.25, 0.3) is 0 Å². The molecule has 0 saturated carbocycles. The van der Waals surface area contributed by atoms with Crippen LogP contribution in [-0.2, 0) is 14.6 Å². The summed E-state index contributed by atoms with van der Waals surface area (Å²) in [6.45, 7) is 1.79. The molecule has 23 heavy (non-hydrogen) atoms. The summed E-state index contributed by atoms with van der Waals surface area (Å²) in [5.74, 6) is 0.221. The first-order valence-electron chi connectivity index (χ1n) is 7.35. The predicted molar refractivity (Wildman–Crippen MR) is 92.3 cm³/mol. The van der Waals surface area contributed by atoms with E-state index < -0.39 is 15.4 Å². The van der Waals surface area contributed by atoms with Gasteiger partial charge >= 0.3 is 0 Å². The molecule has 0 spiro atoms. The molecule has 1 aromatic heterocycles. The monoisotopic (exact) mass is 350 g/mol. The van der Waals surface area contributed by atoms with Crippen LogP contribution in [0.4, 0.5) is 0 Å². The largest absolute Gasteiger partial charge is 0.349 e. The van der Waals surface area contributed by atoms with Crippen LogP contribution in [0.15, 0.2) is 41.4 Å². The number of para-hydroxylation sites is 1. The van der Waals surface area contributed by atoms with Gasteiger partial charge in [-0.1, -0.05) is 36.0 Å². The average Bonchev–Trinajstić information content (AvgIpc) is 2.78. The molecule has 0 aliphatic carbocycles. The molecule has 1 saturated heterocycles. The van der Waals surface area contributed by atoms with Crippen LogP contribution in [0.1, 0.15) is 13.3 Å². The standard InChI is InChI=1S/C16H18N2O3S2/c1-16(8-9-23(20,21)11-16)18-14(19)10-22-15-7-6-12-4-2-3-5-13(12)17-15/h2-7H,8-11H2,1H3,(H,18,19)/t16-/m0/s1. The highest BCUT2D eigenvalue weighted by Crippen LogP contribution is 2.24. The minimum Gasteiger partial charge on any atom is -0.349 e. The quantitative estimate of drug-likeness (QED) is 0.854. The van der Waals surface area contributed by atoms with E-state index in [0.29, 0.717) is 6.42 Å². The fourth-order valence-corrected chi connectivity index (χ4v) is 5.52. The number of carbonyl (C=O) groups excluding carboxylic acids is 1. The lowest BCUT2D eigenvalue weighted by atomic mass is 10.0. The van der Waals surface area contributed by atoms with E-state index in [1.807, 2.05) is 36.4 Å². The average molecular weight is 350 g/mol. The molecule has 122 valence electrons. The lowest BCUT2D eigenvalue weighted by Crippen LogP contribution is -2.47. The van der Waals surface area contributed by atoms with Crippen molar-refractivity contribution in [1.82, 2.24) is 10.3 Å². The molecule has 1 aromatic carbocycles. The van der Waals surface area contributed by atoms with Gasteiger partial charge in [-0.3, -0.25) is 4.79 Å². The first kappa shape index (κ1) is 16.3. The fraction of sp³-hybridized carbons (Fsp3) is 0.375. The van der Waals surface area contributed by atoms with E-state index in [2.05, 4.69) is 10.3 Å². The highest BCUT2D eigenvalue weighted by atomic mass is 32.2. The van der Waals surface area contributed by atoms with Crippen LogP contribution in [-0.4, -0.2) is 42.1 Å². The van der Waals surface area contributed by atoms with Crippen LogP contribution in [0.5, 0.6) is 0 Å². The highest BCUT2D eigenvalue weighted by molar-refractivity contribution is 7.99. The van der Waals surface area contributed by atoms with E-state index in [0.717, 1.165) is 15.9 Å². The zero-order chi connectivity index (χ0) is 16.5. The predicted octanol–water partition coefficient (Wildman–Crippen LogP) is 2.02. The summed E-state index contributed by atoms with van der Waals surface area (Å²) in [5.41, 5.74) is 0.250. The molecule has 7 heteroatoms. The molecule has 1 aliphatic rings. The molecular weight excluding hydrogens is 332 g/mol. The summed E-state index contributed by atoms with van der Waals surface area (Å²) in [6.07, 6.45) is 0.472. The van der Waals surface area contributed by atoms with Crippen LogP contribution in [0.3, 0.4) is 0 Å². The van der Waals surface area contributed by atoms with Gasteiger partial charge in [-0.25, -0.2) is 13.4 Å². The maximum Gasteiger partial charge on any atom is 0.230 e. The number of nitrogens with one attached hydrogen (secondary N) is 1. The molecule has 0 bridgehead atoms. The number of carbonyl (C=O) groups is 1. The second-order valence-corrected chi connectivity index (χ2v) is 9.26. The summed E-state index contributed by atoms with van der Waals surface area (Å²) in [5, 5.41) is 4.69. The van der Waals surface area contributed by atoms with Gasteiger partial charge in [0.05, 0.1) is 33.3 Å². The van der Waals surface area contributed by atoms with Crippen LogP contribution >= 0.6 is 11.8 Å². The fourth-order valence-electron chi connectivity index (χ4n) is 2.75. The van der Waals surface area contributed by atoms with Gasteiger partial charge in [0.15, 0.2) is 9.84 Å². The topological polar surface area (TPSA) is 76.1 Å². The summed E-state index contributed by atoms with van der Waals surface area (Å²) in [7, 11) is -3.02. The van der Waals surface area contributed by atoms with E-state index in [-0.39, 0.29) is 23.2 Å². The van der Waals surface area contributed by atoms with E-state index in [1.54, 1.807) is 6.92 Å². The first-order valence-corrected chi connectivity index (χ1v) is 10.2. The van der Waals surface area contributed by atoms with Gasteiger partial charge < -0.3 is 5.32 Å². The Kier molecular flexibility index (Phi) is 4.33. The van der Waals surface area contributed by atoms with Gasteiger partial charge in [0.1, 0.15) is 0 Å². The molecule has 2 heterocycles. The zero-order valence-electron chi connectivity index (χ0n) is 12.8. The number of aromatic nitrogens is 1. The minimum atomic E-state index is -3.02. The third-order valence-electron chi connectivity index (χ3n) is 3.87. The Morgan fingerprint density at radius 3 is 2.83 bits per heavy atom. The van der Waals surface area contributed by atoms with Crippen LogP contribution in [0.25, 0.3) is 10.9 Å². The molecule has 1 fully saturated rings. The maximum atomic E-state index is 12.1. The number of hydrogen-bond donors (Lipinski definition) is 1. The van der Waals surface area contributed by atoms with Crippen molar-refractivity contribution in [3.8, 4) is 0 Å². The number of pyridine rings is 1. The van der Waals surface area contributed by atoms with Gasteiger partial charge in [0, 0.05) is 5.39 Å². The van der Waals surface area contributed by atoms with E-state index in [4.69, 9.17) is 0 Å². The minimum absolute atomic E-state index is 0.0185. The molecule has 1 amide bonds. The second kappa shape index (κ2) is 6.13. The van der Waals surface area contributed by atoms with Crippen molar-refractivity contribution < 1.29 is 13.2 Å². The van der Waals surface area contributed by atoms with E-state index >= 15 is 0 Å². The second-order valence-electron chi connectivity index (χ2n) is 6.08. The number of sulfone groups is 1. The van der Waals surface area contributed by atoms with Crippen LogP contribution < -0.4 is 5.32 Å². The normalized spacial score (nSPS) is 23.0. The summed E-state index contributed by atoms with van der Waals surface area (Å²) in [6, 6.07) is 11.7. The Labute approximate surface area is 139 Å². The molecular formula is C16H18N2O3S2. The van der Waals surface area contributed by atoms with Gasteiger partial charge in [-0.15, -0.1) is 0 Å². The van der Waals surface area contributed by atoms with Crippen molar-refractivity contribution in [2.24, 2.45) is 0 Å². The molecule has 1 aliphatic heterocycles. The van der Waals surface area contributed by atoms with Gasteiger partial charge in [-0.05, 0) is 25.5 Å².